The molecule has 0 amide bonds. The minimum Gasteiger partial charge on any atom is -0.207 e. The molecule has 0 aliphatic carbocycles. The molecule has 0 N–H and O–H groups in total. The van der Waals surface area contributed by atoms with E-state index in [2.05, 4.69) is 0 Å². The molecular formula is C11H13Cl2NO2S. The first-order valence-electron chi connectivity index (χ1n) is 5.35. The van der Waals surface area contributed by atoms with Crippen LogP contribution in [0.4, 0.5) is 0 Å². The molecule has 3 nitrogen and oxygen atoms in total. The quantitative estimate of drug-likeness (QED) is 0.804. The van der Waals surface area contributed by atoms with Gasteiger partial charge in [0.25, 0.3) is 0 Å². The van der Waals surface area contributed by atoms with Gasteiger partial charge in [-0.15, -0.1) is 11.6 Å². The highest BCUT2D eigenvalue weighted by Gasteiger charge is 2.32. The third-order valence-corrected chi connectivity index (χ3v) is 5.43. The van der Waals surface area contributed by atoms with Crippen molar-refractivity contribution in [2.24, 2.45) is 5.92 Å². The molecule has 1 unspecified atom stereocenters. The summed E-state index contributed by atoms with van der Waals surface area (Å²) < 4.78 is 26.0. The average Bonchev–Trinajstić information content (AvgIpc) is 2.78. The SMILES string of the molecule is O=S(=O)(c1cccc(Cl)c1)N1CCC(CCl)C1. The van der Waals surface area contributed by atoms with E-state index in [1.807, 2.05) is 0 Å². The highest BCUT2D eigenvalue weighted by Crippen LogP contribution is 2.26. The van der Waals surface area contributed by atoms with Gasteiger partial charge in [-0.05, 0) is 30.5 Å². The molecule has 0 saturated carbocycles. The van der Waals surface area contributed by atoms with Crippen LogP contribution >= 0.6 is 23.2 Å². The van der Waals surface area contributed by atoms with Crippen molar-refractivity contribution in [2.45, 2.75) is 11.3 Å². The highest BCUT2D eigenvalue weighted by molar-refractivity contribution is 7.89. The van der Waals surface area contributed by atoms with Gasteiger partial charge in [-0.2, -0.15) is 4.31 Å². The summed E-state index contributed by atoms with van der Waals surface area (Å²) >= 11 is 11.6. The summed E-state index contributed by atoms with van der Waals surface area (Å²) in [7, 11) is -3.41. The van der Waals surface area contributed by atoms with Crippen LogP contribution in [0.5, 0.6) is 0 Å². The lowest BCUT2D eigenvalue weighted by atomic mass is 10.2. The number of hydrogen-bond acceptors (Lipinski definition) is 2. The summed E-state index contributed by atoms with van der Waals surface area (Å²) in [5.74, 6) is 0.757. The molecule has 1 aromatic rings. The van der Waals surface area contributed by atoms with E-state index in [0.29, 0.717) is 24.0 Å². The van der Waals surface area contributed by atoms with Crippen LogP contribution in [0.2, 0.25) is 5.02 Å². The lowest BCUT2D eigenvalue weighted by Gasteiger charge is -2.16. The van der Waals surface area contributed by atoms with E-state index in [1.165, 1.54) is 10.4 Å². The van der Waals surface area contributed by atoms with Crippen molar-refractivity contribution in [1.29, 1.82) is 0 Å². The van der Waals surface area contributed by atoms with Crippen LogP contribution in [0.1, 0.15) is 6.42 Å². The van der Waals surface area contributed by atoms with E-state index in [-0.39, 0.29) is 10.8 Å². The average molecular weight is 294 g/mol. The van der Waals surface area contributed by atoms with Gasteiger partial charge < -0.3 is 0 Å². The lowest BCUT2D eigenvalue weighted by molar-refractivity contribution is 0.465. The Morgan fingerprint density at radius 2 is 2.18 bits per heavy atom. The molecule has 0 spiro atoms. The minimum atomic E-state index is -3.41. The van der Waals surface area contributed by atoms with E-state index >= 15 is 0 Å². The Bertz CT molecular complexity index is 504. The largest absolute Gasteiger partial charge is 0.243 e. The van der Waals surface area contributed by atoms with Gasteiger partial charge in [-0.25, -0.2) is 8.42 Å². The fraction of sp³-hybridized carbons (Fsp3) is 0.455. The lowest BCUT2D eigenvalue weighted by Crippen LogP contribution is -2.29. The summed E-state index contributed by atoms with van der Waals surface area (Å²) in [6, 6.07) is 6.34. The maximum atomic E-state index is 12.3. The number of rotatable bonds is 3. The summed E-state index contributed by atoms with van der Waals surface area (Å²) in [6.07, 6.45) is 0.823. The van der Waals surface area contributed by atoms with E-state index in [9.17, 15) is 8.42 Å². The molecule has 1 aliphatic rings. The van der Waals surface area contributed by atoms with Gasteiger partial charge in [-0.1, -0.05) is 17.7 Å². The van der Waals surface area contributed by atoms with E-state index < -0.39 is 10.0 Å². The van der Waals surface area contributed by atoms with Gasteiger partial charge in [0.05, 0.1) is 4.90 Å². The predicted octanol–water partition coefficient (Wildman–Crippen LogP) is 2.59. The van der Waals surface area contributed by atoms with Crippen LogP contribution in [-0.4, -0.2) is 31.7 Å². The summed E-state index contributed by atoms with van der Waals surface area (Å²) in [6.45, 7) is 1.03. The molecule has 94 valence electrons. The Hall–Kier alpha value is -0.290. The van der Waals surface area contributed by atoms with Crippen molar-refractivity contribution >= 4 is 33.2 Å². The summed E-state index contributed by atoms with van der Waals surface area (Å²) in [5, 5.41) is 0.430. The molecular weight excluding hydrogens is 281 g/mol. The smallest absolute Gasteiger partial charge is 0.207 e. The topological polar surface area (TPSA) is 37.4 Å². The summed E-state index contributed by atoms with van der Waals surface area (Å²) in [5.41, 5.74) is 0. The first kappa shape index (κ1) is 13.1. The maximum absolute atomic E-state index is 12.3. The molecule has 2 rings (SSSR count). The zero-order chi connectivity index (χ0) is 12.5. The van der Waals surface area contributed by atoms with Crippen LogP contribution < -0.4 is 0 Å². The van der Waals surface area contributed by atoms with Gasteiger partial charge in [0.1, 0.15) is 0 Å². The molecule has 17 heavy (non-hydrogen) atoms. The second-order valence-electron chi connectivity index (χ2n) is 4.13. The molecule has 1 atom stereocenters. The number of alkyl halides is 1. The van der Waals surface area contributed by atoms with Crippen molar-refractivity contribution in [1.82, 2.24) is 4.31 Å². The fourth-order valence-corrected chi connectivity index (χ4v) is 4.00. The molecule has 1 aliphatic heterocycles. The predicted molar refractivity (Wildman–Crippen MR) is 69.0 cm³/mol. The van der Waals surface area contributed by atoms with Crippen molar-refractivity contribution < 1.29 is 8.42 Å². The minimum absolute atomic E-state index is 0.250. The van der Waals surface area contributed by atoms with Gasteiger partial charge in [0.2, 0.25) is 10.0 Å². The van der Waals surface area contributed by atoms with Crippen molar-refractivity contribution in [3.63, 3.8) is 0 Å². The van der Waals surface area contributed by atoms with Crippen molar-refractivity contribution in [3.8, 4) is 0 Å². The van der Waals surface area contributed by atoms with E-state index in [0.717, 1.165) is 6.42 Å². The summed E-state index contributed by atoms with van der Waals surface area (Å²) in [4.78, 5) is 0.250. The normalized spacial score (nSPS) is 21.9. The Labute approximate surface area is 111 Å². The second kappa shape index (κ2) is 5.14. The second-order valence-corrected chi connectivity index (χ2v) is 6.81. The van der Waals surface area contributed by atoms with E-state index in [4.69, 9.17) is 23.2 Å². The number of nitrogens with zero attached hydrogens (tertiary/aromatic N) is 1. The first-order valence-corrected chi connectivity index (χ1v) is 7.71. The first-order chi connectivity index (χ1) is 8.04. The number of hydrogen-bond donors (Lipinski definition) is 0. The van der Waals surface area contributed by atoms with Crippen LogP contribution in [0.3, 0.4) is 0 Å². The van der Waals surface area contributed by atoms with Crippen LogP contribution in [0, 0.1) is 5.92 Å². The van der Waals surface area contributed by atoms with Crippen LogP contribution in [-0.2, 0) is 10.0 Å². The number of benzene rings is 1. The zero-order valence-electron chi connectivity index (χ0n) is 9.14. The molecule has 0 radical (unpaired) electrons. The highest BCUT2D eigenvalue weighted by atomic mass is 35.5. The fourth-order valence-electron chi connectivity index (χ4n) is 1.92. The van der Waals surface area contributed by atoms with Crippen LogP contribution in [0.15, 0.2) is 29.2 Å². The van der Waals surface area contributed by atoms with Crippen molar-refractivity contribution in [2.75, 3.05) is 19.0 Å². The van der Waals surface area contributed by atoms with Gasteiger partial charge >= 0.3 is 0 Å². The number of sulfonamides is 1. The maximum Gasteiger partial charge on any atom is 0.243 e. The van der Waals surface area contributed by atoms with Crippen molar-refractivity contribution in [3.05, 3.63) is 29.3 Å². The Balaban J connectivity index is 2.25. The Morgan fingerprint density at radius 1 is 1.41 bits per heavy atom. The van der Waals surface area contributed by atoms with Gasteiger partial charge in [0, 0.05) is 24.0 Å². The third kappa shape index (κ3) is 2.76. The van der Waals surface area contributed by atoms with Gasteiger partial charge in [0.15, 0.2) is 0 Å². The third-order valence-electron chi connectivity index (χ3n) is 2.90. The molecule has 1 fully saturated rings. The zero-order valence-corrected chi connectivity index (χ0v) is 11.5. The Morgan fingerprint density at radius 3 is 2.76 bits per heavy atom. The van der Waals surface area contributed by atoms with Gasteiger partial charge in [-0.3, -0.25) is 0 Å². The molecule has 1 aromatic carbocycles. The molecule has 6 heteroatoms. The molecule has 1 heterocycles. The molecule has 1 saturated heterocycles. The molecule has 0 bridgehead atoms. The van der Waals surface area contributed by atoms with E-state index in [1.54, 1.807) is 18.2 Å². The monoisotopic (exact) mass is 293 g/mol. The molecule has 0 aromatic heterocycles. The number of halogens is 2. The standard InChI is InChI=1S/C11H13Cl2NO2S/c12-7-9-4-5-14(8-9)17(15,16)11-3-1-2-10(13)6-11/h1-3,6,9H,4-5,7-8H2. The van der Waals surface area contributed by atoms with Crippen LogP contribution in [0.25, 0.3) is 0 Å². The Kier molecular flexibility index (Phi) is 3.98.